The van der Waals surface area contributed by atoms with Gasteiger partial charge in [-0.15, -0.1) is 10.2 Å². The Labute approximate surface area is 129 Å². The highest BCUT2D eigenvalue weighted by Gasteiger charge is 2.29. The number of hydrogen-bond donors (Lipinski definition) is 0. The van der Waals surface area contributed by atoms with Crippen LogP contribution in [0.5, 0.6) is 0 Å². The lowest BCUT2D eigenvalue weighted by Gasteiger charge is -2.32. The summed E-state index contributed by atoms with van der Waals surface area (Å²) in [6, 6.07) is 3.72. The molecule has 1 fully saturated rings. The van der Waals surface area contributed by atoms with Gasteiger partial charge in [0.05, 0.1) is 11.5 Å². The number of piperidine rings is 1. The first-order chi connectivity index (χ1) is 10.6. The Morgan fingerprint density at radius 3 is 3.00 bits per heavy atom. The minimum Gasteiger partial charge on any atom is -0.420 e. The van der Waals surface area contributed by atoms with Crippen molar-refractivity contribution in [3.05, 3.63) is 30.4 Å². The van der Waals surface area contributed by atoms with Crippen molar-refractivity contribution in [1.29, 1.82) is 0 Å². The Bertz CT molecular complexity index is 639. The first-order valence-corrected chi connectivity index (χ1v) is 7.67. The molecule has 1 aliphatic heterocycles. The van der Waals surface area contributed by atoms with Crippen LogP contribution in [0.3, 0.4) is 0 Å². The van der Waals surface area contributed by atoms with Crippen LogP contribution in [0.15, 0.2) is 28.9 Å². The van der Waals surface area contributed by atoms with E-state index in [1.54, 1.807) is 12.4 Å². The number of carbonyl (C=O) groups is 1. The van der Waals surface area contributed by atoms with Crippen LogP contribution in [-0.4, -0.2) is 39.1 Å². The Kier molecular flexibility index (Phi) is 4.18. The van der Waals surface area contributed by atoms with Crippen molar-refractivity contribution in [3.63, 3.8) is 0 Å². The van der Waals surface area contributed by atoms with Crippen molar-refractivity contribution < 1.29 is 9.21 Å². The zero-order valence-corrected chi connectivity index (χ0v) is 12.9. The molecule has 0 saturated carbocycles. The second-order valence-corrected chi connectivity index (χ2v) is 5.97. The molecule has 0 radical (unpaired) electrons. The molecule has 0 aromatic carbocycles. The molecule has 3 rings (SSSR count). The lowest BCUT2D eigenvalue weighted by molar-refractivity contribution is -0.135. The Hall–Kier alpha value is -2.24. The molecule has 22 heavy (non-hydrogen) atoms. The average molecular weight is 300 g/mol. The van der Waals surface area contributed by atoms with E-state index in [9.17, 15) is 4.79 Å². The Morgan fingerprint density at radius 2 is 2.27 bits per heavy atom. The van der Waals surface area contributed by atoms with Crippen LogP contribution < -0.4 is 0 Å². The smallest absolute Gasteiger partial charge is 0.249 e. The van der Waals surface area contributed by atoms with Gasteiger partial charge in [-0.25, -0.2) is 0 Å². The topological polar surface area (TPSA) is 72.1 Å². The summed E-state index contributed by atoms with van der Waals surface area (Å²) < 4.78 is 5.80. The summed E-state index contributed by atoms with van der Waals surface area (Å²) in [4.78, 5) is 18.1. The molecule has 1 atom stereocenters. The molecular weight excluding hydrogens is 280 g/mol. The molecule has 2 aromatic rings. The van der Waals surface area contributed by atoms with E-state index in [-0.39, 0.29) is 17.7 Å². The van der Waals surface area contributed by atoms with Gasteiger partial charge in [0.2, 0.25) is 17.7 Å². The van der Waals surface area contributed by atoms with E-state index in [1.807, 2.05) is 30.9 Å². The molecule has 3 heterocycles. The molecule has 6 nitrogen and oxygen atoms in total. The van der Waals surface area contributed by atoms with Crippen LogP contribution in [0.25, 0.3) is 11.5 Å². The highest BCUT2D eigenvalue weighted by atomic mass is 16.4. The minimum absolute atomic E-state index is 0.0207. The second-order valence-electron chi connectivity index (χ2n) is 5.97. The maximum absolute atomic E-state index is 12.2. The lowest BCUT2D eigenvalue weighted by Crippen LogP contribution is -2.41. The van der Waals surface area contributed by atoms with Crippen molar-refractivity contribution in [2.24, 2.45) is 5.92 Å². The van der Waals surface area contributed by atoms with Crippen LogP contribution in [-0.2, 0) is 4.79 Å². The minimum atomic E-state index is 0.0207. The van der Waals surface area contributed by atoms with Gasteiger partial charge in [-0.3, -0.25) is 9.78 Å². The van der Waals surface area contributed by atoms with E-state index >= 15 is 0 Å². The van der Waals surface area contributed by atoms with Crippen LogP contribution in [0.2, 0.25) is 0 Å². The molecule has 0 bridgehead atoms. The molecule has 1 saturated heterocycles. The summed E-state index contributed by atoms with van der Waals surface area (Å²) in [5.74, 6) is 1.42. The van der Waals surface area contributed by atoms with E-state index in [0.717, 1.165) is 24.9 Å². The highest BCUT2D eigenvalue weighted by molar-refractivity contribution is 5.78. The van der Waals surface area contributed by atoms with Gasteiger partial charge in [0.1, 0.15) is 0 Å². The molecule has 0 spiro atoms. The number of aromatic nitrogens is 3. The van der Waals surface area contributed by atoms with E-state index < -0.39 is 0 Å². The average Bonchev–Trinajstić information content (AvgIpc) is 3.05. The first-order valence-electron chi connectivity index (χ1n) is 7.67. The van der Waals surface area contributed by atoms with Gasteiger partial charge in [0.25, 0.3) is 0 Å². The third-order valence-electron chi connectivity index (χ3n) is 3.93. The van der Waals surface area contributed by atoms with Gasteiger partial charge < -0.3 is 9.32 Å². The van der Waals surface area contributed by atoms with E-state index in [1.165, 1.54) is 0 Å². The molecule has 2 aromatic heterocycles. The maximum Gasteiger partial charge on any atom is 0.249 e. The Balaban J connectivity index is 1.74. The zero-order chi connectivity index (χ0) is 15.5. The second kappa shape index (κ2) is 6.25. The molecule has 0 aliphatic carbocycles. The van der Waals surface area contributed by atoms with Crippen molar-refractivity contribution in [1.82, 2.24) is 20.1 Å². The number of pyridine rings is 1. The fourth-order valence-corrected chi connectivity index (χ4v) is 2.75. The summed E-state index contributed by atoms with van der Waals surface area (Å²) in [6.07, 6.45) is 5.34. The molecule has 6 heteroatoms. The number of carbonyl (C=O) groups excluding carboxylic acids is 1. The third kappa shape index (κ3) is 3.00. The first kappa shape index (κ1) is 14.7. The summed E-state index contributed by atoms with van der Waals surface area (Å²) >= 11 is 0. The van der Waals surface area contributed by atoms with E-state index in [0.29, 0.717) is 18.3 Å². The monoisotopic (exact) mass is 300 g/mol. The van der Waals surface area contributed by atoms with Crippen molar-refractivity contribution >= 4 is 5.91 Å². The van der Waals surface area contributed by atoms with Gasteiger partial charge in [-0.2, -0.15) is 0 Å². The predicted molar refractivity (Wildman–Crippen MR) is 80.9 cm³/mol. The summed E-state index contributed by atoms with van der Waals surface area (Å²) in [5.41, 5.74) is 0.812. The lowest BCUT2D eigenvalue weighted by atomic mass is 9.97. The van der Waals surface area contributed by atoms with Gasteiger partial charge in [-0.05, 0) is 25.0 Å². The highest BCUT2D eigenvalue weighted by Crippen LogP contribution is 2.28. The quantitative estimate of drug-likeness (QED) is 0.871. The normalized spacial score (nSPS) is 18.7. The van der Waals surface area contributed by atoms with E-state index in [4.69, 9.17) is 4.42 Å². The van der Waals surface area contributed by atoms with Gasteiger partial charge >= 0.3 is 0 Å². The van der Waals surface area contributed by atoms with Crippen LogP contribution >= 0.6 is 0 Å². The number of rotatable bonds is 3. The summed E-state index contributed by atoms with van der Waals surface area (Å²) in [5, 5.41) is 8.28. The van der Waals surface area contributed by atoms with Crippen molar-refractivity contribution in [2.75, 3.05) is 13.1 Å². The van der Waals surface area contributed by atoms with Gasteiger partial charge in [-0.1, -0.05) is 13.8 Å². The maximum atomic E-state index is 12.2. The molecule has 116 valence electrons. The van der Waals surface area contributed by atoms with Gasteiger partial charge in [0.15, 0.2) is 0 Å². The number of amides is 1. The van der Waals surface area contributed by atoms with Gasteiger partial charge in [0, 0.05) is 31.4 Å². The fraction of sp³-hybridized carbons (Fsp3) is 0.500. The zero-order valence-electron chi connectivity index (χ0n) is 12.9. The predicted octanol–water partition coefficient (Wildman–Crippen LogP) is 2.49. The van der Waals surface area contributed by atoms with Crippen LogP contribution in [0, 0.1) is 5.92 Å². The summed E-state index contributed by atoms with van der Waals surface area (Å²) in [6.45, 7) is 5.33. The molecular formula is C16H20N4O2. The van der Waals surface area contributed by atoms with Crippen LogP contribution in [0.1, 0.15) is 38.5 Å². The standard InChI is InChI=1S/C16H20N4O2/c1-11(2)16(21)20-8-4-6-13(10-20)15-19-18-14(22-15)12-5-3-7-17-9-12/h3,5,7,9,11,13H,4,6,8,10H2,1-2H3. The SMILES string of the molecule is CC(C)C(=O)N1CCCC(c2nnc(-c3cccnc3)o2)C1. The Morgan fingerprint density at radius 1 is 1.41 bits per heavy atom. The molecule has 1 aliphatic rings. The van der Waals surface area contributed by atoms with Crippen molar-refractivity contribution in [3.8, 4) is 11.5 Å². The third-order valence-corrected chi connectivity index (χ3v) is 3.93. The molecule has 1 unspecified atom stereocenters. The number of hydrogen-bond acceptors (Lipinski definition) is 5. The summed E-state index contributed by atoms with van der Waals surface area (Å²) in [7, 11) is 0. The largest absolute Gasteiger partial charge is 0.420 e. The molecule has 1 amide bonds. The fourth-order valence-electron chi connectivity index (χ4n) is 2.75. The van der Waals surface area contributed by atoms with E-state index in [2.05, 4.69) is 15.2 Å². The number of nitrogens with zero attached hydrogens (tertiary/aromatic N) is 4. The molecule has 0 N–H and O–H groups in total. The number of likely N-dealkylation sites (tertiary alicyclic amines) is 1. The van der Waals surface area contributed by atoms with Crippen LogP contribution in [0.4, 0.5) is 0 Å². The van der Waals surface area contributed by atoms with Crippen molar-refractivity contribution in [2.45, 2.75) is 32.6 Å².